The zero-order valence-electron chi connectivity index (χ0n) is 13.9. The van der Waals surface area contributed by atoms with E-state index < -0.39 is 12.1 Å². The number of hydrogen-bond acceptors (Lipinski definition) is 5. The monoisotopic (exact) mass is 355 g/mol. The minimum atomic E-state index is -0.552. The molecule has 25 heavy (non-hydrogen) atoms. The molecule has 1 aromatic heterocycles. The largest absolute Gasteiger partial charge is 0.457 e. The molecular formula is C19H17NO4S. The van der Waals surface area contributed by atoms with Gasteiger partial charge < -0.3 is 9.47 Å². The lowest BCUT2D eigenvalue weighted by atomic mass is 10.1. The highest BCUT2D eigenvalue weighted by Gasteiger charge is 2.20. The molecule has 1 heterocycles. The molecule has 0 aliphatic rings. The summed E-state index contributed by atoms with van der Waals surface area (Å²) in [6.07, 6.45) is -0.552. The molecule has 3 rings (SSSR count). The fourth-order valence-electron chi connectivity index (χ4n) is 2.54. The van der Waals surface area contributed by atoms with Gasteiger partial charge in [-0.1, -0.05) is 30.3 Å². The summed E-state index contributed by atoms with van der Waals surface area (Å²) < 4.78 is 11.3. The van der Waals surface area contributed by atoms with E-state index in [1.807, 2.05) is 29.6 Å². The van der Waals surface area contributed by atoms with Crippen molar-refractivity contribution in [2.75, 3.05) is 19.1 Å². The van der Waals surface area contributed by atoms with Crippen molar-refractivity contribution in [1.29, 1.82) is 0 Å². The summed E-state index contributed by atoms with van der Waals surface area (Å²) in [4.78, 5) is 25.5. The van der Waals surface area contributed by atoms with Gasteiger partial charge in [0, 0.05) is 17.3 Å². The summed E-state index contributed by atoms with van der Waals surface area (Å²) in [7, 11) is 2.84. The summed E-state index contributed by atoms with van der Waals surface area (Å²) in [6.45, 7) is 0.180. The van der Waals surface area contributed by atoms with Gasteiger partial charge in [-0.05, 0) is 29.0 Å². The number of fused-ring (bicyclic) bond motifs is 1. The number of carbonyl (C=O) groups is 2. The number of esters is 1. The third-order valence-corrected chi connectivity index (χ3v) is 4.87. The zero-order valence-corrected chi connectivity index (χ0v) is 14.7. The molecule has 6 heteroatoms. The Morgan fingerprint density at radius 2 is 1.80 bits per heavy atom. The van der Waals surface area contributed by atoms with E-state index in [9.17, 15) is 9.59 Å². The third kappa shape index (κ3) is 3.49. The predicted octanol–water partition coefficient (Wildman–Crippen LogP) is 4.46. The fourth-order valence-corrected chi connectivity index (χ4v) is 3.49. The lowest BCUT2D eigenvalue weighted by molar-refractivity contribution is 0.0475. The van der Waals surface area contributed by atoms with Gasteiger partial charge in [0.15, 0.2) is 0 Å². The molecule has 0 unspecified atom stereocenters. The van der Waals surface area contributed by atoms with E-state index in [2.05, 4.69) is 0 Å². The van der Waals surface area contributed by atoms with E-state index in [0.29, 0.717) is 11.3 Å². The average molecular weight is 355 g/mol. The van der Waals surface area contributed by atoms with Gasteiger partial charge in [-0.15, -0.1) is 11.3 Å². The van der Waals surface area contributed by atoms with E-state index in [1.165, 1.54) is 12.0 Å². The Kier molecular flexibility index (Phi) is 5.00. The van der Waals surface area contributed by atoms with Gasteiger partial charge in [-0.2, -0.15) is 0 Å². The fraction of sp³-hybridized carbons (Fsp3) is 0.158. The van der Waals surface area contributed by atoms with Crippen LogP contribution in [0, 0.1) is 0 Å². The zero-order chi connectivity index (χ0) is 17.8. The summed E-state index contributed by atoms with van der Waals surface area (Å²) in [5.74, 6) is -0.485. The lowest BCUT2D eigenvalue weighted by Gasteiger charge is -2.18. The van der Waals surface area contributed by atoms with Crippen LogP contribution in [0.5, 0.6) is 0 Å². The molecule has 0 aliphatic heterocycles. The smallest absolute Gasteiger partial charge is 0.413 e. The summed E-state index contributed by atoms with van der Waals surface area (Å²) >= 11 is 1.62. The van der Waals surface area contributed by atoms with Crippen molar-refractivity contribution in [2.45, 2.75) is 6.61 Å². The van der Waals surface area contributed by atoms with Crippen molar-refractivity contribution >= 4 is 39.2 Å². The minimum absolute atomic E-state index is 0.180. The maximum Gasteiger partial charge on any atom is 0.413 e. The molecule has 128 valence electrons. The van der Waals surface area contributed by atoms with Crippen LogP contribution in [0.25, 0.3) is 10.1 Å². The standard InChI is InChI=1S/C19H17NO4S/c1-20(19(22)23-2)16-9-5-3-8-15(16)18(21)24-11-13-12-25-17-10-6-4-7-14(13)17/h3-10,12H,11H2,1-2H3. The number of nitrogens with zero attached hydrogens (tertiary/aromatic N) is 1. The van der Waals surface area contributed by atoms with Crippen LogP contribution in [0.2, 0.25) is 0 Å². The molecule has 0 radical (unpaired) electrons. The Hall–Kier alpha value is -2.86. The highest BCUT2D eigenvalue weighted by Crippen LogP contribution is 2.27. The van der Waals surface area contributed by atoms with Gasteiger partial charge in [-0.3, -0.25) is 4.90 Å². The maximum absolute atomic E-state index is 12.5. The number of rotatable bonds is 4. The molecule has 0 aliphatic carbocycles. The van der Waals surface area contributed by atoms with Gasteiger partial charge in [0.2, 0.25) is 0 Å². The van der Waals surface area contributed by atoms with E-state index in [-0.39, 0.29) is 6.61 Å². The van der Waals surface area contributed by atoms with Crippen molar-refractivity contribution in [3.63, 3.8) is 0 Å². The van der Waals surface area contributed by atoms with Crippen molar-refractivity contribution in [1.82, 2.24) is 0 Å². The molecule has 0 atom stereocenters. The quantitative estimate of drug-likeness (QED) is 0.648. The lowest BCUT2D eigenvalue weighted by Crippen LogP contribution is -2.27. The van der Waals surface area contributed by atoms with Crippen LogP contribution < -0.4 is 4.90 Å². The number of methoxy groups -OCH3 is 1. The molecule has 1 amide bonds. The first kappa shape index (κ1) is 17.0. The molecular weight excluding hydrogens is 338 g/mol. The second-order valence-electron chi connectivity index (χ2n) is 5.38. The number of ether oxygens (including phenoxy) is 2. The average Bonchev–Trinajstić information content (AvgIpc) is 3.08. The van der Waals surface area contributed by atoms with Crippen LogP contribution in [0.1, 0.15) is 15.9 Å². The Morgan fingerprint density at radius 1 is 1.08 bits per heavy atom. The van der Waals surface area contributed by atoms with Crippen LogP contribution in [0.3, 0.4) is 0 Å². The molecule has 0 saturated carbocycles. The molecule has 2 aromatic carbocycles. The number of amides is 1. The van der Waals surface area contributed by atoms with Crippen LogP contribution in [0.4, 0.5) is 10.5 Å². The van der Waals surface area contributed by atoms with Crippen molar-refractivity contribution in [3.8, 4) is 0 Å². The minimum Gasteiger partial charge on any atom is -0.457 e. The topological polar surface area (TPSA) is 55.8 Å². The molecule has 3 aromatic rings. The number of carbonyl (C=O) groups excluding carboxylic acids is 2. The Bertz CT molecular complexity index is 918. The Morgan fingerprint density at radius 3 is 2.60 bits per heavy atom. The first-order valence-electron chi connectivity index (χ1n) is 7.64. The molecule has 0 fully saturated rings. The predicted molar refractivity (Wildman–Crippen MR) is 98.2 cm³/mol. The van der Waals surface area contributed by atoms with Gasteiger partial charge in [0.1, 0.15) is 6.61 Å². The summed E-state index contributed by atoms with van der Waals surface area (Å²) in [5, 5.41) is 3.07. The Balaban J connectivity index is 1.79. The highest BCUT2D eigenvalue weighted by molar-refractivity contribution is 7.17. The van der Waals surface area contributed by atoms with E-state index in [0.717, 1.165) is 15.6 Å². The van der Waals surface area contributed by atoms with Gasteiger partial charge in [0.25, 0.3) is 0 Å². The highest BCUT2D eigenvalue weighted by atomic mass is 32.1. The van der Waals surface area contributed by atoms with Gasteiger partial charge >= 0.3 is 12.1 Å². The summed E-state index contributed by atoms with van der Waals surface area (Å²) in [5.41, 5.74) is 1.72. The van der Waals surface area contributed by atoms with Crippen LogP contribution in [-0.4, -0.2) is 26.2 Å². The van der Waals surface area contributed by atoms with Crippen molar-refractivity contribution in [3.05, 3.63) is 65.0 Å². The normalized spacial score (nSPS) is 10.5. The van der Waals surface area contributed by atoms with Gasteiger partial charge in [0.05, 0.1) is 18.4 Å². The molecule has 0 bridgehead atoms. The number of para-hydroxylation sites is 1. The second-order valence-corrected chi connectivity index (χ2v) is 6.29. The maximum atomic E-state index is 12.5. The first-order chi connectivity index (χ1) is 12.1. The van der Waals surface area contributed by atoms with E-state index >= 15 is 0 Å². The molecule has 5 nitrogen and oxygen atoms in total. The number of hydrogen-bond donors (Lipinski definition) is 0. The van der Waals surface area contributed by atoms with Gasteiger partial charge in [-0.25, -0.2) is 9.59 Å². The van der Waals surface area contributed by atoms with Crippen molar-refractivity contribution < 1.29 is 19.1 Å². The first-order valence-corrected chi connectivity index (χ1v) is 8.52. The van der Waals surface area contributed by atoms with Crippen LogP contribution >= 0.6 is 11.3 Å². The Labute approximate surface area is 149 Å². The number of thiophene rings is 1. The SMILES string of the molecule is COC(=O)N(C)c1ccccc1C(=O)OCc1csc2ccccc12. The van der Waals surface area contributed by atoms with E-state index in [4.69, 9.17) is 9.47 Å². The number of benzene rings is 2. The molecule has 0 N–H and O–H groups in total. The number of anilines is 1. The third-order valence-electron chi connectivity index (χ3n) is 3.85. The molecule has 0 spiro atoms. The molecule has 0 saturated heterocycles. The van der Waals surface area contributed by atoms with Crippen LogP contribution in [-0.2, 0) is 16.1 Å². The second kappa shape index (κ2) is 7.36. The van der Waals surface area contributed by atoms with Crippen molar-refractivity contribution in [2.24, 2.45) is 0 Å². The summed E-state index contributed by atoms with van der Waals surface area (Å²) in [6, 6.07) is 14.8. The van der Waals surface area contributed by atoms with Crippen LogP contribution in [0.15, 0.2) is 53.9 Å². The van der Waals surface area contributed by atoms with E-state index in [1.54, 1.807) is 42.6 Å².